The van der Waals surface area contributed by atoms with Crippen molar-refractivity contribution in [3.05, 3.63) is 69.9 Å². The van der Waals surface area contributed by atoms with E-state index in [-0.39, 0.29) is 5.91 Å². The molecule has 2 heterocycles. The smallest absolute Gasteiger partial charge is 0.224 e. The van der Waals surface area contributed by atoms with E-state index in [1.807, 2.05) is 41.8 Å². The third-order valence-electron chi connectivity index (χ3n) is 3.20. The molecule has 4 nitrogen and oxygen atoms in total. The number of nitrogens with zero attached hydrogens (tertiary/aromatic N) is 2. The molecule has 2 aromatic heterocycles. The lowest BCUT2D eigenvalue weighted by molar-refractivity contribution is -0.120. The quantitative estimate of drug-likeness (QED) is 0.723. The Bertz CT molecular complexity index is 787. The van der Waals surface area contributed by atoms with E-state index in [0.717, 1.165) is 26.3 Å². The summed E-state index contributed by atoms with van der Waals surface area (Å²) in [6.45, 7) is 0.437. The number of benzene rings is 1. The largest absolute Gasteiger partial charge is 0.350 e. The van der Waals surface area contributed by atoms with Crippen LogP contribution in [0.5, 0.6) is 0 Å². The van der Waals surface area contributed by atoms with Crippen molar-refractivity contribution in [2.45, 2.75) is 13.0 Å². The zero-order valence-corrected chi connectivity index (χ0v) is 14.6. The lowest BCUT2D eigenvalue weighted by Gasteiger charge is -2.04. The Morgan fingerprint density at radius 1 is 1.22 bits per heavy atom. The minimum Gasteiger partial charge on any atom is -0.350 e. The minimum atomic E-state index is -0.0109. The highest BCUT2D eigenvalue weighted by Gasteiger charge is 2.07. The molecule has 0 unspecified atom stereocenters. The molecule has 0 bridgehead atoms. The van der Waals surface area contributed by atoms with Gasteiger partial charge in [-0.1, -0.05) is 28.1 Å². The fraction of sp³-hybridized carbons (Fsp3) is 0.118. The fourth-order valence-corrected chi connectivity index (χ4v) is 3.12. The molecule has 0 aliphatic heterocycles. The van der Waals surface area contributed by atoms with Crippen LogP contribution in [0.15, 0.2) is 58.6 Å². The second kappa shape index (κ2) is 7.48. The number of rotatable bonds is 5. The van der Waals surface area contributed by atoms with Crippen molar-refractivity contribution < 1.29 is 4.79 Å². The number of pyridine rings is 1. The summed E-state index contributed by atoms with van der Waals surface area (Å²) in [5, 5.41) is 5.78. The van der Waals surface area contributed by atoms with Gasteiger partial charge in [0.05, 0.1) is 18.7 Å². The molecule has 1 aromatic carbocycles. The average molecular weight is 388 g/mol. The van der Waals surface area contributed by atoms with Crippen molar-refractivity contribution in [3.8, 4) is 10.6 Å². The zero-order chi connectivity index (χ0) is 16.1. The predicted molar refractivity (Wildman–Crippen MR) is 95.0 cm³/mol. The van der Waals surface area contributed by atoms with Crippen molar-refractivity contribution >= 4 is 33.2 Å². The maximum Gasteiger partial charge on any atom is 0.224 e. The van der Waals surface area contributed by atoms with Gasteiger partial charge in [-0.15, -0.1) is 11.3 Å². The van der Waals surface area contributed by atoms with Crippen LogP contribution in [0.4, 0.5) is 0 Å². The minimum absolute atomic E-state index is 0.0109. The topological polar surface area (TPSA) is 54.9 Å². The molecule has 0 aliphatic carbocycles. The summed E-state index contributed by atoms with van der Waals surface area (Å²) >= 11 is 4.93. The molecule has 0 aliphatic rings. The number of carbonyl (C=O) groups excluding carboxylic acids is 1. The van der Waals surface area contributed by atoms with Crippen LogP contribution in [0.1, 0.15) is 11.3 Å². The maximum absolute atomic E-state index is 12.0. The van der Waals surface area contributed by atoms with Crippen molar-refractivity contribution in [1.82, 2.24) is 15.3 Å². The first-order valence-corrected chi connectivity index (χ1v) is 8.74. The first-order valence-electron chi connectivity index (χ1n) is 7.06. The van der Waals surface area contributed by atoms with Crippen LogP contribution in [-0.4, -0.2) is 15.9 Å². The van der Waals surface area contributed by atoms with E-state index in [1.54, 1.807) is 23.7 Å². The second-order valence-electron chi connectivity index (χ2n) is 4.97. The van der Waals surface area contributed by atoms with Gasteiger partial charge in [0.25, 0.3) is 0 Å². The van der Waals surface area contributed by atoms with Gasteiger partial charge in [-0.05, 0) is 29.8 Å². The summed E-state index contributed by atoms with van der Waals surface area (Å²) in [5.74, 6) is -0.0109. The van der Waals surface area contributed by atoms with Crippen LogP contribution < -0.4 is 5.32 Å². The van der Waals surface area contributed by atoms with Crippen LogP contribution >= 0.6 is 27.3 Å². The lowest BCUT2D eigenvalue weighted by Crippen LogP contribution is -2.24. The number of halogens is 1. The molecular formula is C17H14BrN3OS. The monoisotopic (exact) mass is 387 g/mol. The first-order chi connectivity index (χ1) is 11.2. The van der Waals surface area contributed by atoms with Gasteiger partial charge in [0.2, 0.25) is 5.91 Å². The molecule has 0 saturated carbocycles. The van der Waals surface area contributed by atoms with Gasteiger partial charge in [0.1, 0.15) is 5.01 Å². The van der Waals surface area contributed by atoms with Gasteiger partial charge in [-0.3, -0.25) is 9.78 Å². The van der Waals surface area contributed by atoms with Crippen LogP contribution in [-0.2, 0) is 17.8 Å². The van der Waals surface area contributed by atoms with Gasteiger partial charge in [-0.25, -0.2) is 4.98 Å². The molecule has 1 amide bonds. The van der Waals surface area contributed by atoms with Crippen molar-refractivity contribution in [1.29, 1.82) is 0 Å². The molecule has 0 atom stereocenters. The first kappa shape index (κ1) is 15.8. The van der Waals surface area contributed by atoms with E-state index >= 15 is 0 Å². The molecule has 0 spiro atoms. The van der Waals surface area contributed by atoms with E-state index < -0.39 is 0 Å². The predicted octanol–water partition coefficient (Wildman–Crippen LogP) is 3.83. The molecule has 0 fully saturated rings. The van der Waals surface area contributed by atoms with Gasteiger partial charge >= 0.3 is 0 Å². The van der Waals surface area contributed by atoms with Gasteiger partial charge < -0.3 is 5.32 Å². The van der Waals surface area contributed by atoms with Gasteiger partial charge in [0.15, 0.2) is 0 Å². The second-order valence-corrected chi connectivity index (χ2v) is 6.74. The summed E-state index contributed by atoms with van der Waals surface area (Å²) in [6, 6.07) is 11.6. The normalized spacial score (nSPS) is 10.5. The summed E-state index contributed by atoms with van der Waals surface area (Å²) in [7, 11) is 0. The lowest BCUT2D eigenvalue weighted by atomic mass is 10.1. The van der Waals surface area contributed by atoms with E-state index in [9.17, 15) is 4.79 Å². The number of thiazole rings is 1. The molecule has 0 saturated heterocycles. The molecule has 3 aromatic rings. The Hall–Kier alpha value is -2.05. The molecule has 116 valence electrons. The number of nitrogens with one attached hydrogen (secondary N) is 1. The van der Waals surface area contributed by atoms with Crippen LogP contribution in [0.3, 0.4) is 0 Å². The maximum atomic E-state index is 12.0. The highest BCUT2D eigenvalue weighted by Crippen LogP contribution is 2.22. The van der Waals surface area contributed by atoms with Crippen molar-refractivity contribution in [3.63, 3.8) is 0 Å². The van der Waals surface area contributed by atoms with Crippen LogP contribution in [0.2, 0.25) is 0 Å². The zero-order valence-electron chi connectivity index (χ0n) is 12.2. The molecule has 1 N–H and O–H groups in total. The number of hydrogen-bond donors (Lipinski definition) is 1. The highest BCUT2D eigenvalue weighted by molar-refractivity contribution is 9.10. The van der Waals surface area contributed by atoms with Crippen LogP contribution in [0.25, 0.3) is 10.6 Å². The molecule has 6 heteroatoms. The van der Waals surface area contributed by atoms with E-state index in [0.29, 0.717) is 13.0 Å². The van der Waals surface area contributed by atoms with E-state index in [2.05, 4.69) is 31.2 Å². The summed E-state index contributed by atoms with van der Waals surface area (Å²) < 4.78 is 1.01. The Morgan fingerprint density at radius 2 is 2.04 bits per heavy atom. The summed E-state index contributed by atoms with van der Waals surface area (Å²) in [4.78, 5) is 20.6. The highest BCUT2D eigenvalue weighted by atomic mass is 79.9. The van der Waals surface area contributed by atoms with Crippen molar-refractivity contribution in [2.24, 2.45) is 0 Å². The molecule has 3 rings (SSSR count). The third kappa shape index (κ3) is 4.46. The SMILES string of the molecule is O=C(Cc1ccc(Br)cc1)NCc1csc(-c2cccnc2)n1. The Kier molecular flexibility index (Phi) is 5.15. The molecule has 0 radical (unpaired) electrons. The van der Waals surface area contributed by atoms with Crippen LogP contribution in [0, 0.1) is 0 Å². The number of amides is 1. The fourth-order valence-electron chi connectivity index (χ4n) is 2.05. The number of hydrogen-bond acceptors (Lipinski definition) is 4. The Balaban J connectivity index is 1.55. The third-order valence-corrected chi connectivity index (χ3v) is 4.67. The number of carbonyl (C=O) groups is 1. The standard InChI is InChI=1S/C17H14BrN3OS/c18-14-5-3-12(4-6-14)8-16(22)20-10-15-11-23-17(21-15)13-2-1-7-19-9-13/h1-7,9,11H,8,10H2,(H,20,22). The van der Waals surface area contributed by atoms with Gasteiger partial charge in [0, 0.05) is 27.8 Å². The Labute approximate surface area is 146 Å². The van der Waals surface area contributed by atoms with Gasteiger partial charge in [-0.2, -0.15) is 0 Å². The molecule has 23 heavy (non-hydrogen) atoms. The van der Waals surface area contributed by atoms with E-state index in [1.165, 1.54) is 0 Å². The Morgan fingerprint density at radius 3 is 2.78 bits per heavy atom. The van der Waals surface area contributed by atoms with Crippen molar-refractivity contribution in [2.75, 3.05) is 0 Å². The summed E-state index contributed by atoms with van der Waals surface area (Å²) in [5.41, 5.74) is 2.84. The summed E-state index contributed by atoms with van der Waals surface area (Å²) in [6.07, 6.45) is 3.89. The average Bonchev–Trinajstić information content (AvgIpc) is 3.05. The molecular weight excluding hydrogens is 374 g/mol. The van der Waals surface area contributed by atoms with E-state index in [4.69, 9.17) is 0 Å². The number of aromatic nitrogens is 2.